The Balaban J connectivity index is 1.38. The Morgan fingerprint density at radius 2 is 1.72 bits per heavy atom. The van der Waals surface area contributed by atoms with Crippen molar-refractivity contribution in [2.75, 3.05) is 49.6 Å². The number of hydrogen-bond acceptors (Lipinski definition) is 4. The van der Waals surface area contributed by atoms with Crippen LogP contribution in [0, 0.1) is 11.7 Å². The molecule has 0 saturated carbocycles. The number of para-hydroxylation sites is 2. The molecule has 0 aromatic heterocycles. The van der Waals surface area contributed by atoms with Crippen LogP contribution < -0.4 is 14.5 Å². The Labute approximate surface area is 169 Å². The van der Waals surface area contributed by atoms with E-state index in [0.717, 1.165) is 5.69 Å². The first-order valence-electron chi connectivity index (χ1n) is 9.79. The van der Waals surface area contributed by atoms with Crippen LogP contribution in [0.3, 0.4) is 0 Å². The molecule has 0 bridgehead atoms. The lowest BCUT2D eigenvalue weighted by Gasteiger charge is -2.37. The second-order valence-corrected chi connectivity index (χ2v) is 7.37. The average Bonchev–Trinajstić information content (AvgIpc) is 3.15. The third-order valence-corrected chi connectivity index (χ3v) is 5.63. The molecule has 0 radical (unpaired) electrons. The van der Waals surface area contributed by atoms with Crippen molar-refractivity contribution in [3.63, 3.8) is 0 Å². The van der Waals surface area contributed by atoms with Crippen LogP contribution >= 0.6 is 0 Å². The third-order valence-electron chi connectivity index (χ3n) is 5.63. The fourth-order valence-electron chi connectivity index (χ4n) is 4.05. The summed E-state index contributed by atoms with van der Waals surface area (Å²) in [7, 11) is 1.57. The van der Waals surface area contributed by atoms with Crippen LogP contribution in [-0.4, -0.2) is 56.5 Å². The van der Waals surface area contributed by atoms with Gasteiger partial charge in [-0.25, -0.2) is 4.39 Å². The van der Waals surface area contributed by atoms with E-state index < -0.39 is 0 Å². The highest BCUT2D eigenvalue weighted by molar-refractivity contribution is 6.01. The van der Waals surface area contributed by atoms with Gasteiger partial charge in [0.05, 0.1) is 18.7 Å². The van der Waals surface area contributed by atoms with E-state index in [0.29, 0.717) is 44.2 Å². The van der Waals surface area contributed by atoms with E-state index in [2.05, 4.69) is 4.90 Å². The Morgan fingerprint density at radius 1 is 1.03 bits per heavy atom. The van der Waals surface area contributed by atoms with Crippen LogP contribution in [0.4, 0.5) is 15.8 Å². The molecule has 0 aliphatic carbocycles. The molecule has 152 valence electrons. The van der Waals surface area contributed by atoms with Crippen LogP contribution in [0.2, 0.25) is 0 Å². The molecule has 2 aliphatic heterocycles. The van der Waals surface area contributed by atoms with Gasteiger partial charge in [-0.15, -0.1) is 0 Å². The molecule has 0 unspecified atom stereocenters. The Bertz CT molecular complexity index is 894. The maximum atomic E-state index is 13.1. The zero-order chi connectivity index (χ0) is 20.4. The molecule has 4 rings (SSSR count). The highest BCUT2D eigenvalue weighted by atomic mass is 19.1. The van der Waals surface area contributed by atoms with Crippen molar-refractivity contribution in [2.24, 2.45) is 5.92 Å². The second kappa shape index (κ2) is 8.11. The lowest BCUT2D eigenvalue weighted by atomic mass is 10.1. The summed E-state index contributed by atoms with van der Waals surface area (Å²) in [5.74, 6) is -0.00740. The smallest absolute Gasteiger partial charge is 0.228 e. The normalized spacial score (nSPS) is 19.6. The van der Waals surface area contributed by atoms with E-state index in [1.165, 1.54) is 12.1 Å². The number of ether oxygens (including phenoxy) is 1. The van der Waals surface area contributed by atoms with Gasteiger partial charge in [-0.05, 0) is 36.4 Å². The maximum absolute atomic E-state index is 13.1. The van der Waals surface area contributed by atoms with Gasteiger partial charge in [0.15, 0.2) is 0 Å². The highest BCUT2D eigenvalue weighted by Gasteiger charge is 2.38. The summed E-state index contributed by atoms with van der Waals surface area (Å²) in [6.07, 6.45) is 0.217. The molecule has 29 heavy (non-hydrogen) atoms. The summed E-state index contributed by atoms with van der Waals surface area (Å²) in [5.41, 5.74) is 1.66. The van der Waals surface area contributed by atoms with Crippen molar-refractivity contribution in [3.05, 3.63) is 54.3 Å². The minimum atomic E-state index is -0.343. The van der Waals surface area contributed by atoms with Crippen molar-refractivity contribution in [1.29, 1.82) is 0 Å². The molecule has 2 aromatic carbocycles. The number of benzene rings is 2. The Morgan fingerprint density at radius 3 is 2.41 bits per heavy atom. The number of nitrogens with zero attached hydrogens (tertiary/aromatic N) is 3. The first kappa shape index (κ1) is 19.2. The molecule has 7 heteroatoms. The summed E-state index contributed by atoms with van der Waals surface area (Å²) in [4.78, 5) is 31.2. The van der Waals surface area contributed by atoms with Crippen LogP contribution in [0.5, 0.6) is 5.75 Å². The Hall–Kier alpha value is -3.09. The number of rotatable bonds is 4. The predicted octanol–water partition coefficient (Wildman–Crippen LogP) is 2.54. The van der Waals surface area contributed by atoms with E-state index in [4.69, 9.17) is 4.74 Å². The number of amides is 2. The van der Waals surface area contributed by atoms with Gasteiger partial charge in [0, 0.05) is 44.8 Å². The SMILES string of the molecule is COc1ccccc1N1C[C@H](C(=O)N2CCN(c3ccc(F)cc3)CC2)CC1=O. The summed E-state index contributed by atoms with van der Waals surface area (Å²) in [6.45, 7) is 2.93. The number of carbonyl (C=O) groups is 2. The van der Waals surface area contributed by atoms with Crippen LogP contribution in [0.1, 0.15) is 6.42 Å². The van der Waals surface area contributed by atoms with Gasteiger partial charge in [-0.1, -0.05) is 12.1 Å². The first-order chi connectivity index (χ1) is 14.1. The monoisotopic (exact) mass is 397 g/mol. The van der Waals surface area contributed by atoms with Gasteiger partial charge in [-0.2, -0.15) is 0 Å². The quantitative estimate of drug-likeness (QED) is 0.796. The van der Waals surface area contributed by atoms with Gasteiger partial charge in [0.2, 0.25) is 11.8 Å². The van der Waals surface area contributed by atoms with Crippen molar-refractivity contribution in [2.45, 2.75) is 6.42 Å². The predicted molar refractivity (Wildman–Crippen MR) is 109 cm³/mol. The van der Waals surface area contributed by atoms with Crippen LogP contribution in [-0.2, 0) is 9.59 Å². The highest BCUT2D eigenvalue weighted by Crippen LogP contribution is 2.33. The number of anilines is 2. The van der Waals surface area contributed by atoms with E-state index in [-0.39, 0.29) is 30.0 Å². The summed E-state index contributed by atoms with van der Waals surface area (Å²) in [6, 6.07) is 13.8. The lowest BCUT2D eigenvalue weighted by molar-refractivity contribution is -0.136. The molecule has 2 aliphatic rings. The first-order valence-corrected chi connectivity index (χ1v) is 9.79. The summed E-state index contributed by atoms with van der Waals surface area (Å²) < 4.78 is 18.5. The average molecular weight is 397 g/mol. The molecule has 2 fully saturated rings. The topological polar surface area (TPSA) is 53.1 Å². The molecular weight excluding hydrogens is 373 g/mol. The van der Waals surface area contributed by atoms with Crippen molar-refractivity contribution >= 4 is 23.2 Å². The number of halogens is 1. The molecule has 2 aromatic rings. The van der Waals surface area contributed by atoms with Crippen molar-refractivity contribution < 1.29 is 18.7 Å². The van der Waals surface area contributed by atoms with Crippen molar-refractivity contribution in [1.82, 2.24) is 4.90 Å². The molecule has 2 amide bonds. The summed E-state index contributed by atoms with van der Waals surface area (Å²) in [5, 5.41) is 0. The van der Waals surface area contributed by atoms with Gasteiger partial charge in [0.1, 0.15) is 11.6 Å². The van der Waals surface area contributed by atoms with E-state index in [1.807, 2.05) is 29.2 Å². The minimum Gasteiger partial charge on any atom is -0.495 e. The molecule has 6 nitrogen and oxygen atoms in total. The Kier molecular flexibility index (Phi) is 5.38. The van der Waals surface area contributed by atoms with E-state index in [9.17, 15) is 14.0 Å². The van der Waals surface area contributed by atoms with E-state index >= 15 is 0 Å². The van der Waals surface area contributed by atoms with Crippen LogP contribution in [0.15, 0.2) is 48.5 Å². The van der Waals surface area contributed by atoms with Crippen LogP contribution in [0.25, 0.3) is 0 Å². The largest absolute Gasteiger partial charge is 0.495 e. The summed E-state index contributed by atoms with van der Waals surface area (Å²) >= 11 is 0. The van der Waals surface area contributed by atoms with Gasteiger partial charge >= 0.3 is 0 Å². The van der Waals surface area contributed by atoms with Gasteiger partial charge < -0.3 is 19.4 Å². The van der Waals surface area contributed by atoms with Gasteiger partial charge in [-0.3, -0.25) is 9.59 Å². The lowest BCUT2D eigenvalue weighted by Crippen LogP contribution is -2.50. The molecule has 2 saturated heterocycles. The van der Waals surface area contributed by atoms with Crippen molar-refractivity contribution in [3.8, 4) is 5.75 Å². The van der Waals surface area contributed by atoms with E-state index in [1.54, 1.807) is 24.1 Å². The fourth-order valence-corrected chi connectivity index (χ4v) is 4.05. The zero-order valence-corrected chi connectivity index (χ0v) is 16.4. The minimum absolute atomic E-state index is 0.0227. The standard InChI is InChI=1S/C22H24FN3O3/c1-29-20-5-3-2-4-19(20)26-15-16(14-21(26)27)22(28)25-12-10-24(11-13-25)18-8-6-17(23)7-9-18/h2-9,16H,10-15H2,1H3/t16-/m1/s1. The number of methoxy groups -OCH3 is 1. The molecule has 0 N–H and O–H groups in total. The number of hydrogen-bond donors (Lipinski definition) is 0. The zero-order valence-electron chi connectivity index (χ0n) is 16.4. The molecular formula is C22H24FN3O3. The fraction of sp³-hybridized carbons (Fsp3) is 0.364. The molecule has 0 spiro atoms. The number of piperazine rings is 1. The molecule has 2 heterocycles. The van der Waals surface area contributed by atoms with Gasteiger partial charge in [0.25, 0.3) is 0 Å². The number of carbonyl (C=O) groups excluding carboxylic acids is 2. The maximum Gasteiger partial charge on any atom is 0.228 e. The molecule has 1 atom stereocenters. The second-order valence-electron chi connectivity index (χ2n) is 7.37. The third kappa shape index (κ3) is 3.90.